The molecular formula is C38H54ClN3O9. The van der Waals surface area contributed by atoms with E-state index in [1.54, 1.807) is 31.2 Å². The number of carboxylic acids is 1. The van der Waals surface area contributed by atoms with Crippen molar-refractivity contribution in [3.63, 3.8) is 0 Å². The standard InChI is InChI=1S/C30H44ClN3O9.C8H10/c1-18(2)13-24(28(38)39)43-29(40)30(4,5)17-33-27(37)22(15-20-11-12-23(41-6)21(31)14-20)34-25(35)10-8-7-9-19(3)42-26(36)16-32;1-2-8-6-4-3-5-7-8/h8,10-12,14,18-19,22,24H,7,9,13,15-17,32H2,1-6H3,(H,33,37)(H,34,35)(H,38,39);3-7H,2H2,1H3/b10-8+;/t19?,22-,24?;/m1./s1. The molecule has 51 heavy (non-hydrogen) atoms. The third-order valence-electron chi connectivity index (χ3n) is 7.52. The van der Waals surface area contributed by atoms with Gasteiger partial charge in [-0.15, -0.1) is 0 Å². The lowest BCUT2D eigenvalue weighted by Crippen LogP contribution is -2.51. The number of nitrogens with two attached hydrogens (primary N) is 1. The van der Waals surface area contributed by atoms with Crippen molar-refractivity contribution in [3.8, 4) is 5.75 Å². The zero-order chi connectivity index (χ0) is 38.6. The lowest BCUT2D eigenvalue weighted by atomic mass is 9.93. The molecule has 0 aliphatic heterocycles. The Morgan fingerprint density at radius 2 is 1.67 bits per heavy atom. The van der Waals surface area contributed by atoms with Gasteiger partial charge in [0.2, 0.25) is 11.8 Å². The number of carbonyl (C=O) groups excluding carboxylic acids is 4. The van der Waals surface area contributed by atoms with E-state index in [1.165, 1.54) is 32.6 Å². The number of aliphatic carboxylic acids is 1. The molecule has 0 aliphatic rings. The summed E-state index contributed by atoms with van der Waals surface area (Å²) in [5, 5.41) is 15.1. The minimum Gasteiger partial charge on any atom is -0.495 e. The normalized spacial score (nSPS) is 12.9. The van der Waals surface area contributed by atoms with Gasteiger partial charge in [0.15, 0.2) is 6.10 Å². The predicted octanol–water partition coefficient (Wildman–Crippen LogP) is 5.04. The van der Waals surface area contributed by atoms with Crippen molar-refractivity contribution in [1.82, 2.24) is 10.6 Å². The molecule has 12 nitrogen and oxygen atoms in total. The van der Waals surface area contributed by atoms with Gasteiger partial charge in [0, 0.05) is 13.0 Å². The first kappa shape index (κ1) is 44.6. The molecule has 2 amide bonds. The monoisotopic (exact) mass is 731 g/mol. The van der Waals surface area contributed by atoms with Crippen molar-refractivity contribution >= 4 is 41.3 Å². The molecule has 0 saturated carbocycles. The molecule has 0 spiro atoms. The largest absolute Gasteiger partial charge is 0.495 e. The maximum atomic E-state index is 13.3. The summed E-state index contributed by atoms with van der Waals surface area (Å²) in [4.78, 5) is 61.6. The van der Waals surface area contributed by atoms with E-state index in [4.69, 9.17) is 31.5 Å². The number of amides is 2. The van der Waals surface area contributed by atoms with Crippen molar-refractivity contribution in [1.29, 1.82) is 0 Å². The minimum absolute atomic E-state index is 0.0151. The second kappa shape index (κ2) is 23.1. The van der Waals surface area contributed by atoms with E-state index in [0.717, 1.165) is 6.42 Å². The molecule has 0 heterocycles. The first-order valence-corrected chi connectivity index (χ1v) is 17.3. The first-order chi connectivity index (χ1) is 24.0. The molecule has 0 saturated heterocycles. The van der Waals surface area contributed by atoms with Crippen LogP contribution in [0, 0.1) is 11.3 Å². The van der Waals surface area contributed by atoms with Gasteiger partial charge in [-0.25, -0.2) is 4.79 Å². The number of allylic oxidation sites excluding steroid dienone is 1. The van der Waals surface area contributed by atoms with Gasteiger partial charge in [-0.1, -0.05) is 74.8 Å². The molecule has 0 radical (unpaired) electrons. The van der Waals surface area contributed by atoms with E-state index < -0.39 is 47.3 Å². The van der Waals surface area contributed by atoms with Gasteiger partial charge in [0.25, 0.3) is 0 Å². The number of carbonyl (C=O) groups is 5. The fraction of sp³-hybridized carbons (Fsp3) is 0.500. The maximum Gasteiger partial charge on any atom is 0.345 e. The number of hydrogen-bond acceptors (Lipinski definition) is 9. The highest BCUT2D eigenvalue weighted by Crippen LogP contribution is 2.26. The number of rotatable bonds is 19. The number of ether oxygens (including phenoxy) is 3. The second-order valence-corrected chi connectivity index (χ2v) is 13.4. The van der Waals surface area contributed by atoms with Gasteiger partial charge < -0.3 is 35.7 Å². The zero-order valence-electron chi connectivity index (χ0n) is 30.7. The van der Waals surface area contributed by atoms with Crippen LogP contribution in [0.25, 0.3) is 0 Å². The Hall–Kier alpha value is -4.42. The molecule has 5 N–H and O–H groups in total. The van der Waals surface area contributed by atoms with E-state index in [0.29, 0.717) is 29.2 Å². The molecule has 2 aromatic rings. The lowest BCUT2D eigenvalue weighted by molar-refractivity contribution is -0.171. The van der Waals surface area contributed by atoms with Crippen LogP contribution in [-0.2, 0) is 46.3 Å². The topological polar surface area (TPSA) is 183 Å². The molecule has 2 aromatic carbocycles. The smallest absolute Gasteiger partial charge is 0.345 e. The summed E-state index contributed by atoms with van der Waals surface area (Å²) >= 11 is 6.24. The number of aryl methyl sites for hydroxylation is 1. The molecular weight excluding hydrogens is 678 g/mol. The average Bonchev–Trinajstić information content (AvgIpc) is 3.08. The van der Waals surface area contributed by atoms with Crippen LogP contribution >= 0.6 is 11.6 Å². The Labute approximate surface area is 306 Å². The van der Waals surface area contributed by atoms with E-state index in [9.17, 15) is 29.1 Å². The highest BCUT2D eigenvalue weighted by molar-refractivity contribution is 6.32. The van der Waals surface area contributed by atoms with Crippen molar-refractivity contribution < 1.29 is 43.3 Å². The van der Waals surface area contributed by atoms with E-state index in [2.05, 4.69) is 41.8 Å². The molecule has 2 rings (SSSR count). The van der Waals surface area contributed by atoms with Crippen LogP contribution in [0.4, 0.5) is 0 Å². The maximum absolute atomic E-state index is 13.3. The van der Waals surface area contributed by atoms with Crippen LogP contribution in [0.2, 0.25) is 5.02 Å². The molecule has 282 valence electrons. The van der Waals surface area contributed by atoms with Crippen LogP contribution in [0.3, 0.4) is 0 Å². The highest BCUT2D eigenvalue weighted by atomic mass is 35.5. The highest BCUT2D eigenvalue weighted by Gasteiger charge is 2.35. The Morgan fingerprint density at radius 1 is 1.00 bits per heavy atom. The van der Waals surface area contributed by atoms with E-state index in [-0.39, 0.29) is 38.0 Å². The van der Waals surface area contributed by atoms with E-state index >= 15 is 0 Å². The lowest BCUT2D eigenvalue weighted by Gasteiger charge is -2.27. The fourth-order valence-corrected chi connectivity index (χ4v) is 4.77. The Kier molecular flexibility index (Phi) is 20.2. The summed E-state index contributed by atoms with van der Waals surface area (Å²) in [6, 6.07) is 14.4. The summed E-state index contributed by atoms with van der Waals surface area (Å²) in [5.41, 5.74) is 6.03. The number of esters is 2. The molecule has 13 heteroatoms. The number of hydrogen-bond donors (Lipinski definition) is 4. The van der Waals surface area contributed by atoms with Crippen molar-refractivity contribution in [2.75, 3.05) is 20.2 Å². The summed E-state index contributed by atoms with van der Waals surface area (Å²) in [7, 11) is 1.47. The molecule has 0 aromatic heterocycles. The number of benzene rings is 2. The van der Waals surface area contributed by atoms with Crippen LogP contribution in [0.15, 0.2) is 60.7 Å². The third-order valence-corrected chi connectivity index (χ3v) is 7.81. The predicted molar refractivity (Wildman–Crippen MR) is 196 cm³/mol. The van der Waals surface area contributed by atoms with Crippen LogP contribution in [0.1, 0.15) is 71.9 Å². The molecule has 0 aliphatic carbocycles. The zero-order valence-corrected chi connectivity index (χ0v) is 31.5. The minimum atomic E-state index is -1.31. The summed E-state index contributed by atoms with van der Waals surface area (Å²) < 4.78 is 15.5. The summed E-state index contributed by atoms with van der Waals surface area (Å²) in [6.45, 7) is 10.2. The Bertz CT molecular complexity index is 1450. The van der Waals surface area contributed by atoms with Gasteiger partial charge in [-0.3, -0.25) is 19.2 Å². The third kappa shape index (κ3) is 17.9. The van der Waals surface area contributed by atoms with Gasteiger partial charge in [-0.2, -0.15) is 0 Å². The van der Waals surface area contributed by atoms with Crippen molar-refractivity contribution in [2.45, 2.75) is 91.9 Å². The first-order valence-electron chi connectivity index (χ1n) is 17.0. The Morgan fingerprint density at radius 3 is 2.20 bits per heavy atom. The number of methoxy groups -OCH3 is 1. The molecule has 0 bridgehead atoms. The van der Waals surface area contributed by atoms with Gasteiger partial charge in [0.05, 0.1) is 30.2 Å². The van der Waals surface area contributed by atoms with Crippen LogP contribution < -0.4 is 21.1 Å². The van der Waals surface area contributed by atoms with Crippen molar-refractivity contribution in [3.05, 3.63) is 76.8 Å². The average molecular weight is 732 g/mol. The van der Waals surface area contributed by atoms with Gasteiger partial charge in [0.1, 0.15) is 11.8 Å². The van der Waals surface area contributed by atoms with Crippen LogP contribution in [0.5, 0.6) is 5.75 Å². The number of nitrogens with one attached hydrogen (secondary N) is 2. The fourth-order valence-electron chi connectivity index (χ4n) is 4.49. The molecule has 3 atom stereocenters. The van der Waals surface area contributed by atoms with Crippen molar-refractivity contribution in [2.24, 2.45) is 17.1 Å². The molecule has 0 fully saturated rings. The Balaban J connectivity index is 0.00000142. The van der Waals surface area contributed by atoms with Gasteiger partial charge in [-0.05, 0) is 81.7 Å². The molecule has 2 unspecified atom stereocenters. The van der Waals surface area contributed by atoms with E-state index in [1.807, 2.05) is 19.9 Å². The van der Waals surface area contributed by atoms with Gasteiger partial charge >= 0.3 is 17.9 Å². The summed E-state index contributed by atoms with van der Waals surface area (Å²) in [5.74, 6) is -3.23. The summed E-state index contributed by atoms with van der Waals surface area (Å²) in [6.07, 6.45) is 3.44. The quantitative estimate of drug-likeness (QED) is 0.113. The SMILES string of the molecule is CCc1ccccc1.COc1ccc(C[C@@H](NC(=O)/C=C/CCC(C)OC(=O)CN)C(=O)NCC(C)(C)C(=O)OC(CC(C)C)C(=O)O)cc1Cl. The van der Waals surface area contributed by atoms with Crippen LogP contribution in [-0.4, -0.2) is 73.3 Å². The number of halogens is 1. The number of carboxylic acid groups (broad SMARTS) is 1. The second-order valence-electron chi connectivity index (χ2n) is 13.0.